The van der Waals surface area contributed by atoms with Crippen molar-refractivity contribution in [3.8, 4) is 5.75 Å². The number of hydrogen-bond donors (Lipinski definition) is 2. The zero-order valence-electron chi connectivity index (χ0n) is 13.0. The monoisotopic (exact) mass is 298 g/mol. The van der Waals surface area contributed by atoms with Crippen molar-refractivity contribution in [2.45, 2.75) is 26.3 Å². The van der Waals surface area contributed by atoms with Gasteiger partial charge in [0.25, 0.3) is 0 Å². The number of ether oxygens (including phenoxy) is 1. The molecule has 4 heteroatoms. The zero-order valence-corrected chi connectivity index (χ0v) is 13.0. The zero-order chi connectivity index (χ0) is 15.9. The molecule has 0 aliphatic rings. The minimum Gasteiger partial charge on any atom is -0.493 e. The van der Waals surface area contributed by atoms with Gasteiger partial charge in [-0.2, -0.15) is 0 Å². The molecule has 0 spiro atoms. The molecule has 116 valence electrons. The summed E-state index contributed by atoms with van der Waals surface area (Å²) in [7, 11) is 0. The SMILES string of the molecule is Cc1cccc(OCCC(=O)Nc2cccc(C(C)N)c2)c1. The maximum Gasteiger partial charge on any atom is 0.227 e. The van der Waals surface area contributed by atoms with E-state index in [0.717, 1.165) is 22.6 Å². The highest BCUT2D eigenvalue weighted by atomic mass is 16.5. The Labute approximate surface area is 131 Å². The summed E-state index contributed by atoms with van der Waals surface area (Å²) < 4.78 is 5.58. The molecule has 1 atom stereocenters. The van der Waals surface area contributed by atoms with Gasteiger partial charge in [-0.05, 0) is 49.2 Å². The van der Waals surface area contributed by atoms with E-state index in [1.165, 1.54) is 0 Å². The van der Waals surface area contributed by atoms with Crippen LogP contribution in [0.1, 0.15) is 30.5 Å². The lowest BCUT2D eigenvalue weighted by Crippen LogP contribution is -2.15. The maximum absolute atomic E-state index is 11.9. The van der Waals surface area contributed by atoms with Gasteiger partial charge in [0, 0.05) is 11.7 Å². The van der Waals surface area contributed by atoms with Gasteiger partial charge in [0.15, 0.2) is 0 Å². The Bertz CT molecular complexity index is 638. The summed E-state index contributed by atoms with van der Waals surface area (Å²) in [5.41, 5.74) is 8.73. The Balaban J connectivity index is 1.82. The molecule has 4 nitrogen and oxygen atoms in total. The first kappa shape index (κ1) is 16.0. The lowest BCUT2D eigenvalue weighted by molar-refractivity contribution is -0.116. The normalized spacial score (nSPS) is 11.8. The largest absolute Gasteiger partial charge is 0.493 e. The summed E-state index contributed by atoms with van der Waals surface area (Å²) in [6.45, 7) is 4.27. The summed E-state index contributed by atoms with van der Waals surface area (Å²) >= 11 is 0. The van der Waals surface area contributed by atoms with Crippen molar-refractivity contribution in [2.75, 3.05) is 11.9 Å². The second-order valence-corrected chi connectivity index (χ2v) is 5.38. The van der Waals surface area contributed by atoms with E-state index in [9.17, 15) is 4.79 Å². The summed E-state index contributed by atoms with van der Waals surface area (Å²) in [6.07, 6.45) is 0.302. The molecule has 0 heterocycles. The van der Waals surface area contributed by atoms with Crippen LogP contribution in [0.4, 0.5) is 5.69 Å². The van der Waals surface area contributed by atoms with Crippen molar-refractivity contribution in [1.29, 1.82) is 0 Å². The minimum absolute atomic E-state index is 0.0542. The number of amides is 1. The van der Waals surface area contributed by atoms with Gasteiger partial charge in [0.1, 0.15) is 5.75 Å². The molecule has 0 saturated carbocycles. The van der Waals surface area contributed by atoms with E-state index in [-0.39, 0.29) is 11.9 Å². The second kappa shape index (κ2) is 7.61. The molecule has 0 radical (unpaired) electrons. The van der Waals surface area contributed by atoms with Crippen LogP contribution in [0.15, 0.2) is 48.5 Å². The number of aryl methyl sites for hydroxylation is 1. The van der Waals surface area contributed by atoms with E-state index < -0.39 is 0 Å². The highest BCUT2D eigenvalue weighted by Crippen LogP contribution is 2.16. The molecule has 2 aromatic carbocycles. The third-order valence-corrected chi connectivity index (χ3v) is 3.28. The Hall–Kier alpha value is -2.33. The fourth-order valence-electron chi connectivity index (χ4n) is 2.09. The first-order valence-electron chi connectivity index (χ1n) is 7.39. The Morgan fingerprint density at radius 2 is 2.00 bits per heavy atom. The van der Waals surface area contributed by atoms with Crippen LogP contribution in [0.5, 0.6) is 5.75 Å². The van der Waals surface area contributed by atoms with E-state index in [0.29, 0.717) is 13.0 Å². The number of carbonyl (C=O) groups is 1. The summed E-state index contributed by atoms with van der Waals surface area (Å²) in [4.78, 5) is 11.9. The van der Waals surface area contributed by atoms with Gasteiger partial charge in [-0.3, -0.25) is 4.79 Å². The summed E-state index contributed by atoms with van der Waals surface area (Å²) in [5.74, 6) is 0.709. The molecule has 0 saturated heterocycles. The number of anilines is 1. The molecule has 1 amide bonds. The van der Waals surface area contributed by atoms with Gasteiger partial charge in [0.2, 0.25) is 5.91 Å². The molecule has 0 bridgehead atoms. The number of rotatable bonds is 6. The average Bonchev–Trinajstić information content (AvgIpc) is 2.47. The maximum atomic E-state index is 11.9. The Kier molecular flexibility index (Phi) is 5.55. The standard InChI is InChI=1S/C18H22N2O2/c1-13-5-3-8-17(11-13)22-10-9-18(21)20-16-7-4-6-15(12-16)14(2)19/h3-8,11-12,14H,9-10,19H2,1-2H3,(H,20,21). The quantitative estimate of drug-likeness (QED) is 0.859. The van der Waals surface area contributed by atoms with Crippen molar-refractivity contribution in [1.82, 2.24) is 0 Å². The molecule has 0 aliphatic carbocycles. The van der Waals surface area contributed by atoms with Crippen LogP contribution in [0, 0.1) is 6.92 Å². The molecular formula is C18H22N2O2. The summed E-state index contributed by atoms with van der Waals surface area (Å²) in [6, 6.07) is 15.3. The van der Waals surface area contributed by atoms with Crippen molar-refractivity contribution < 1.29 is 9.53 Å². The minimum atomic E-state index is -0.0746. The van der Waals surface area contributed by atoms with Gasteiger partial charge in [0.05, 0.1) is 13.0 Å². The third kappa shape index (κ3) is 4.90. The Morgan fingerprint density at radius 3 is 2.73 bits per heavy atom. The third-order valence-electron chi connectivity index (χ3n) is 3.28. The van der Waals surface area contributed by atoms with Crippen molar-refractivity contribution >= 4 is 11.6 Å². The number of carbonyl (C=O) groups excluding carboxylic acids is 1. The molecule has 1 unspecified atom stereocenters. The lowest BCUT2D eigenvalue weighted by Gasteiger charge is -2.10. The van der Waals surface area contributed by atoms with Gasteiger partial charge in [-0.15, -0.1) is 0 Å². The lowest BCUT2D eigenvalue weighted by atomic mass is 10.1. The van der Waals surface area contributed by atoms with Gasteiger partial charge >= 0.3 is 0 Å². The highest BCUT2D eigenvalue weighted by Gasteiger charge is 2.05. The van der Waals surface area contributed by atoms with Crippen molar-refractivity contribution in [3.63, 3.8) is 0 Å². The highest BCUT2D eigenvalue weighted by molar-refractivity contribution is 5.90. The number of hydrogen-bond acceptors (Lipinski definition) is 3. The van der Waals surface area contributed by atoms with Crippen LogP contribution in [-0.4, -0.2) is 12.5 Å². The molecule has 2 aromatic rings. The number of nitrogens with two attached hydrogens (primary N) is 1. The second-order valence-electron chi connectivity index (χ2n) is 5.38. The molecule has 0 aromatic heterocycles. The number of nitrogens with one attached hydrogen (secondary N) is 1. The summed E-state index contributed by atoms with van der Waals surface area (Å²) in [5, 5.41) is 2.86. The first-order chi connectivity index (χ1) is 10.5. The van der Waals surface area contributed by atoms with Gasteiger partial charge in [-0.25, -0.2) is 0 Å². The smallest absolute Gasteiger partial charge is 0.227 e. The fraction of sp³-hybridized carbons (Fsp3) is 0.278. The molecule has 0 fully saturated rings. The van der Waals surface area contributed by atoms with E-state index in [1.54, 1.807) is 0 Å². The van der Waals surface area contributed by atoms with Crippen molar-refractivity contribution in [3.05, 3.63) is 59.7 Å². The fourth-order valence-corrected chi connectivity index (χ4v) is 2.09. The van der Waals surface area contributed by atoms with Gasteiger partial charge in [-0.1, -0.05) is 24.3 Å². The molecule has 2 rings (SSSR count). The predicted octanol–water partition coefficient (Wildman–Crippen LogP) is 3.42. The molecular weight excluding hydrogens is 276 g/mol. The topological polar surface area (TPSA) is 64.3 Å². The molecule has 0 aliphatic heterocycles. The Morgan fingerprint density at radius 1 is 1.23 bits per heavy atom. The van der Waals surface area contributed by atoms with E-state index in [4.69, 9.17) is 10.5 Å². The van der Waals surface area contributed by atoms with Crippen molar-refractivity contribution in [2.24, 2.45) is 5.73 Å². The van der Waals surface area contributed by atoms with Crippen LogP contribution >= 0.6 is 0 Å². The van der Waals surface area contributed by atoms with Crippen LogP contribution in [-0.2, 0) is 4.79 Å². The van der Waals surface area contributed by atoms with E-state index in [1.807, 2.05) is 62.4 Å². The van der Waals surface area contributed by atoms with Gasteiger partial charge < -0.3 is 15.8 Å². The molecule has 22 heavy (non-hydrogen) atoms. The van der Waals surface area contributed by atoms with Crippen LogP contribution in [0.2, 0.25) is 0 Å². The van der Waals surface area contributed by atoms with Crippen LogP contribution in [0.25, 0.3) is 0 Å². The van der Waals surface area contributed by atoms with Crippen LogP contribution in [0.3, 0.4) is 0 Å². The van der Waals surface area contributed by atoms with E-state index in [2.05, 4.69) is 5.32 Å². The first-order valence-corrected chi connectivity index (χ1v) is 7.39. The van der Waals surface area contributed by atoms with E-state index >= 15 is 0 Å². The number of benzene rings is 2. The molecule has 3 N–H and O–H groups in total. The average molecular weight is 298 g/mol. The van der Waals surface area contributed by atoms with Crippen LogP contribution < -0.4 is 15.8 Å². The predicted molar refractivity (Wildman–Crippen MR) is 89.0 cm³/mol.